The van der Waals surface area contributed by atoms with Gasteiger partial charge in [-0.15, -0.1) is 0 Å². The summed E-state index contributed by atoms with van der Waals surface area (Å²) in [6.07, 6.45) is 0.337. The minimum Gasteiger partial charge on any atom is -0.497 e. The molecule has 0 amide bonds. The molecule has 106 valence electrons. The number of hydrogen-bond donors (Lipinski definition) is 3. The number of carboxylic acids is 1. The van der Waals surface area contributed by atoms with Gasteiger partial charge in [0.2, 0.25) is 0 Å². The lowest BCUT2D eigenvalue weighted by atomic mass is 10.1. The summed E-state index contributed by atoms with van der Waals surface area (Å²) in [5.74, 6) is 0.364. The number of hydrogen-bond acceptors (Lipinski definition) is 5. The van der Waals surface area contributed by atoms with Crippen molar-refractivity contribution >= 4 is 11.7 Å². The molecule has 0 saturated carbocycles. The predicted octanol–water partition coefficient (Wildman–Crippen LogP) is 1.23. The van der Waals surface area contributed by atoms with E-state index >= 15 is 0 Å². The molecule has 19 heavy (non-hydrogen) atoms. The van der Waals surface area contributed by atoms with E-state index in [9.17, 15) is 4.79 Å². The van der Waals surface area contributed by atoms with Gasteiger partial charge in [0.25, 0.3) is 0 Å². The highest BCUT2D eigenvalue weighted by Crippen LogP contribution is 2.32. The number of nitrogens with two attached hydrogens (primary N) is 1. The molecule has 1 aromatic carbocycles. The van der Waals surface area contributed by atoms with Crippen molar-refractivity contribution in [3.63, 3.8) is 0 Å². The van der Waals surface area contributed by atoms with Gasteiger partial charge in [-0.05, 0) is 25.0 Å². The van der Waals surface area contributed by atoms with Crippen molar-refractivity contribution in [2.75, 3.05) is 26.1 Å². The number of methoxy groups -OCH3 is 2. The molecule has 0 bridgehead atoms. The Morgan fingerprint density at radius 3 is 2.63 bits per heavy atom. The summed E-state index contributed by atoms with van der Waals surface area (Å²) in [6, 6.07) is 2.78. The topological polar surface area (TPSA) is 93.8 Å². The molecule has 4 N–H and O–H groups in total. The number of carbonyl (C=O) groups is 1. The third-order valence-electron chi connectivity index (χ3n) is 2.80. The molecule has 0 saturated heterocycles. The minimum atomic E-state index is -1.000. The molecule has 6 heteroatoms. The van der Waals surface area contributed by atoms with Crippen molar-refractivity contribution in [1.29, 1.82) is 0 Å². The third-order valence-corrected chi connectivity index (χ3v) is 2.80. The summed E-state index contributed by atoms with van der Waals surface area (Å²) in [4.78, 5) is 10.6. The van der Waals surface area contributed by atoms with Gasteiger partial charge in [0.1, 0.15) is 17.5 Å². The van der Waals surface area contributed by atoms with Crippen LogP contribution in [0.5, 0.6) is 11.5 Å². The van der Waals surface area contributed by atoms with Gasteiger partial charge in [-0.25, -0.2) is 0 Å². The Labute approximate surface area is 112 Å². The van der Waals surface area contributed by atoms with Crippen LogP contribution >= 0.6 is 0 Å². The molecule has 0 fully saturated rings. The molecule has 1 aromatic rings. The number of ether oxygens (including phenoxy) is 2. The molecule has 0 aliphatic rings. The molecule has 0 aliphatic heterocycles. The molecule has 1 rings (SSSR count). The maximum absolute atomic E-state index is 10.6. The van der Waals surface area contributed by atoms with Crippen molar-refractivity contribution in [2.45, 2.75) is 19.4 Å². The van der Waals surface area contributed by atoms with Crippen LogP contribution in [-0.4, -0.2) is 37.9 Å². The molecule has 0 heterocycles. The largest absolute Gasteiger partial charge is 0.497 e. The van der Waals surface area contributed by atoms with E-state index in [1.807, 2.05) is 13.0 Å². The first-order valence-electron chi connectivity index (χ1n) is 5.94. The maximum atomic E-state index is 10.6. The summed E-state index contributed by atoms with van der Waals surface area (Å²) in [5, 5.41) is 11.9. The Bertz CT molecular complexity index is 449. The van der Waals surface area contributed by atoms with Gasteiger partial charge in [0, 0.05) is 12.6 Å². The zero-order valence-corrected chi connectivity index (χ0v) is 11.4. The Morgan fingerprint density at radius 1 is 1.42 bits per heavy atom. The summed E-state index contributed by atoms with van der Waals surface area (Å²) in [7, 11) is 3.16. The second kappa shape index (κ2) is 6.84. The highest BCUT2D eigenvalue weighted by Gasteiger charge is 2.13. The Morgan fingerprint density at radius 2 is 2.11 bits per heavy atom. The highest BCUT2D eigenvalue weighted by atomic mass is 16.5. The van der Waals surface area contributed by atoms with Gasteiger partial charge in [-0.1, -0.05) is 0 Å². The van der Waals surface area contributed by atoms with Gasteiger partial charge in [0.15, 0.2) is 0 Å². The lowest BCUT2D eigenvalue weighted by Gasteiger charge is -2.16. The zero-order valence-electron chi connectivity index (χ0n) is 11.4. The molecule has 0 aromatic heterocycles. The number of nitrogens with one attached hydrogen (secondary N) is 1. The van der Waals surface area contributed by atoms with Gasteiger partial charge in [-0.2, -0.15) is 0 Å². The number of carboxylic acid groups (broad SMARTS) is 1. The van der Waals surface area contributed by atoms with Gasteiger partial charge >= 0.3 is 5.97 Å². The average molecular weight is 268 g/mol. The van der Waals surface area contributed by atoms with Crippen molar-refractivity contribution < 1.29 is 19.4 Å². The summed E-state index contributed by atoms with van der Waals surface area (Å²) >= 11 is 0. The van der Waals surface area contributed by atoms with Gasteiger partial charge in [-0.3, -0.25) is 4.79 Å². The van der Waals surface area contributed by atoms with Crippen LogP contribution in [0.3, 0.4) is 0 Å². The van der Waals surface area contributed by atoms with Crippen molar-refractivity contribution in [3.8, 4) is 11.5 Å². The van der Waals surface area contributed by atoms with Crippen LogP contribution in [0.25, 0.3) is 0 Å². The van der Waals surface area contributed by atoms with E-state index in [0.717, 1.165) is 11.3 Å². The maximum Gasteiger partial charge on any atom is 0.320 e. The first kappa shape index (κ1) is 15.1. The fourth-order valence-corrected chi connectivity index (χ4v) is 1.70. The van der Waals surface area contributed by atoms with Gasteiger partial charge < -0.3 is 25.6 Å². The van der Waals surface area contributed by atoms with E-state index in [4.69, 9.17) is 20.3 Å². The van der Waals surface area contributed by atoms with Crippen molar-refractivity contribution in [2.24, 2.45) is 5.73 Å². The van der Waals surface area contributed by atoms with Crippen LogP contribution in [0.1, 0.15) is 12.0 Å². The average Bonchev–Trinajstić information content (AvgIpc) is 2.39. The molecule has 1 atom stereocenters. The van der Waals surface area contributed by atoms with E-state index < -0.39 is 12.0 Å². The van der Waals surface area contributed by atoms with Crippen LogP contribution in [0.15, 0.2) is 12.1 Å². The lowest BCUT2D eigenvalue weighted by molar-refractivity contribution is -0.138. The molecule has 1 unspecified atom stereocenters. The Balaban J connectivity index is 2.75. The van der Waals surface area contributed by atoms with Crippen LogP contribution in [-0.2, 0) is 4.79 Å². The van der Waals surface area contributed by atoms with Crippen molar-refractivity contribution in [3.05, 3.63) is 17.7 Å². The first-order chi connectivity index (χ1) is 8.99. The number of aryl methyl sites for hydroxylation is 1. The highest BCUT2D eigenvalue weighted by molar-refractivity contribution is 5.73. The number of anilines is 1. The van der Waals surface area contributed by atoms with E-state index in [-0.39, 0.29) is 0 Å². The second-order valence-corrected chi connectivity index (χ2v) is 4.18. The van der Waals surface area contributed by atoms with E-state index in [2.05, 4.69) is 5.32 Å². The minimum absolute atomic E-state index is 0.337. The Kier molecular flexibility index (Phi) is 5.44. The molecule has 0 aliphatic carbocycles. The third kappa shape index (κ3) is 4.03. The first-order valence-corrected chi connectivity index (χ1v) is 5.94. The molecule has 6 nitrogen and oxygen atoms in total. The fraction of sp³-hybridized carbons (Fsp3) is 0.462. The monoisotopic (exact) mass is 268 g/mol. The molecule has 0 radical (unpaired) electrons. The fourth-order valence-electron chi connectivity index (χ4n) is 1.70. The second-order valence-electron chi connectivity index (χ2n) is 4.18. The number of aliphatic carboxylic acids is 1. The zero-order chi connectivity index (χ0) is 14.4. The standard InChI is InChI=1S/C13H20N2O4/c1-8-6-9(18-2)7-11(19-3)12(8)15-5-4-10(14)13(16)17/h6-7,10,15H,4-5,14H2,1-3H3,(H,16,17). The van der Waals surface area contributed by atoms with E-state index in [1.54, 1.807) is 20.3 Å². The number of benzene rings is 1. The van der Waals surface area contributed by atoms with Crippen LogP contribution < -0.4 is 20.5 Å². The van der Waals surface area contributed by atoms with E-state index in [1.165, 1.54) is 0 Å². The Hall–Kier alpha value is -1.95. The van der Waals surface area contributed by atoms with Gasteiger partial charge in [0.05, 0.1) is 19.9 Å². The van der Waals surface area contributed by atoms with E-state index in [0.29, 0.717) is 24.5 Å². The molecule has 0 spiro atoms. The molecular weight excluding hydrogens is 248 g/mol. The summed E-state index contributed by atoms with van der Waals surface area (Å²) < 4.78 is 10.4. The van der Waals surface area contributed by atoms with Crippen LogP contribution in [0.4, 0.5) is 5.69 Å². The SMILES string of the molecule is COc1cc(C)c(NCCC(N)C(=O)O)c(OC)c1. The normalized spacial score (nSPS) is 11.8. The number of rotatable bonds is 7. The smallest absolute Gasteiger partial charge is 0.320 e. The summed E-state index contributed by atoms with van der Waals surface area (Å²) in [5.41, 5.74) is 7.22. The van der Waals surface area contributed by atoms with Crippen LogP contribution in [0.2, 0.25) is 0 Å². The lowest BCUT2D eigenvalue weighted by Crippen LogP contribution is -2.32. The molecular formula is C13H20N2O4. The van der Waals surface area contributed by atoms with Crippen LogP contribution in [0, 0.1) is 6.92 Å². The predicted molar refractivity (Wildman–Crippen MR) is 73.0 cm³/mol. The quantitative estimate of drug-likeness (QED) is 0.688. The summed E-state index contributed by atoms with van der Waals surface area (Å²) in [6.45, 7) is 2.38. The van der Waals surface area contributed by atoms with Crippen molar-refractivity contribution in [1.82, 2.24) is 0 Å².